The molecule has 0 unspecified atom stereocenters. The van der Waals surface area contributed by atoms with Crippen molar-refractivity contribution in [2.45, 2.75) is 27.3 Å². The van der Waals surface area contributed by atoms with Gasteiger partial charge in [-0.1, -0.05) is 23.8 Å². The molecule has 0 fully saturated rings. The highest BCUT2D eigenvalue weighted by atomic mass is 16.1. The zero-order chi connectivity index (χ0) is 12.4. The molecular formula is C14H16N2O. The van der Waals surface area contributed by atoms with Gasteiger partial charge in [-0.3, -0.25) is 9.48 Å². The van der Waals surface area contributed by atoms with Crippen molar-refractivity contribution in [2.75, 3.05) is 0 Å². The SMILES string of the molecule is Cc1ccc(C(=O)Cn2nccc2C)c(C)c1. The van der Waals surface area contributed by atoms with E-state index in [1.165, 1.54) is 5.56 Å². The Morgan fingerprint density at radius 3 is 2.59 bits per heavy atom. The average molecular weight is 228 g/mol. The zero-order valence-electron chi connectivity index (χ0n) is 10.4. The van der Waals surface area contributed by atoms with E-state index >= 15 is 0 Å². The van der Waals surface area contributed by atoms with Crippen molar-refractivity contribution < 1.29 is 4.79 Å². The number of carbonyl (C=O) groups is 1. The maximum absolute atomic E-state index is 12.1. The standard InChI is InChI=1S/C14H16N2O/c1-10-4-5-13(11(2)8-10)14(17)9-16-12(3)6-7-15-16/h4-8H,9H2,1-3H3. The van der Waals surface area contributed by atoms with Crippen LogP contribution in [0.5, 0.6) is 0 Å². The Morgan fingerprint density at radius 1 is 1.24 bits per heavy atom. The third-order valence-electron chi connectivity index (χ3n) is 2.90. The number of aryl methyl sites for hydroxylation is 3. The highest BCUT2D eigenvalue weighted by Gasteiger charge is 2.10. The van der Waals surface area contributed by atoms with E-state index in [1.807, 2.05) is 45.0 Å². The minimum atomic E-state index is 0.106. The van der Waals surface area contributed by atoms with Gasteiger partial charge in [0.1, 0.15) is 6.54 Å². The Labute approximate surface area is 101 Å². The van der Waals surface area contributed by atoms with Gasteiger partial charge in [0.25, 0.3) is 0 Å². The van der Waals surface area contributed by atoms with Crippen LogP contribution in [0.3, 0.4) is 0 Å². The Balaban J connectivity index is 2.23. The molecule has 88 valence electrons. The number of hydrogen-bond acceptors (Lipinski definition) is 2. The first-order valence-corrected chi connectivity index (χ1v) is 5.67. The van der Waals surface area contributed by atoms with Crippen LogP contribution in [0.4, 0.5) is 0 Å². The molecule has 0 radical (unpaired) electrons. The summed E-state index contributed by atoms with van der Waals surface area (Å²) >= 11 is 0. The van der Waals surface area contributed by atoms with E-state index in [0.717, 1.165) is 16.8 Å². The van der Waals surface area contributed by atoms with E-state index in [4.69, 9.17) is 0 Å². The highest BCUT2D eigenvalue weighted by molar-refractivity contribution is 5.97. The number of benzene rings is 1. The van der Waals surface area contributed by atoms with Crippen LogP contribution in [-0.4, -0.2) is 15.6 Å². The lowest BCUT2D eigenvalue weighted by molar-refractivity contribution is 0.0966. The van der Waals surface area contributed by atoms with Crippen LogP contribution in [0.1, 0.15) is 27.2 Å². The molecule has 0 saturated heterocycles. The molecule has 1 heterocycles. The first-order valence-electron chi connectivity index (χ1n) is 5.67. The maximum atomic E-state index is 12.1. The van der Waals surface area contributed by atoms with Gasteiger partial charge in [0.05, 0.1) is 0 Å². The topological polar surface area (TPSA) is 34.9 Å². The number of rotatable bonds is 3. The third kappa shape index (κ3) is 2.44. The van der Waals surface area contributed by atoms with Crippen LogP contribution in [0.15, 0.2) is 30.5 Å². The lowest BCUT2D eigenvalue weighted by atomic mass is 10.0. The van der Waals surface area contributed by atoms with E-state index in [1.54, 1.807) is 10.9 Å². The summed E-state index contributed by atoms with van der Waals surface area (Å²) in [5, 5.41) is 4.12. The molecular weight excluding hydrogens is 212 g/mol. The summed E-state index contributed by atoms with van der Waals surface area (Å²) in [6.45, 7) is 6.25. The Kier molecular flexibility index (Phi) is 3.09. The van der Waals surface area contributed by atoms with Gasteiger partial charge < -0.3 is 0 Å². The predicted molar refractivity (Wildman–Crippen MR) is 67.2 cm³/mol. The Hall–Kier alpha value is -1.90. The van der Waals surface area contributed by atoms with Crippen LogP contribution in [0.25, 0.3) is 0 Å². The van der Waals surface area contributed by atoms with E-state index in [2.05, 4.69) is 5.10 Å². The molecule has 0 spiro atoms. The smallest absolute Gasteiger partial charge is 0.184 e. The van der Waals surface area contributed by atoms with Crippen molar-refractivity contribution >= 4 is 5.78 Å². The summed E-state index contributed by atoms with van der Waals surface area (Å²) < 4.78 is 1.72. The molecule has 3 heteroatoms. The molecule has 1 aromatic heterocycles. The maximum Gasteiger partial charge on any atom is 0.184 e. The highest BCUT2D eigenvalue weighted by Crippen LogP contribution is 2.12. The largest absolute Gasteiger partial charge is 0.292 e. The second-order valence-electron chi connectivity index (χ2n) is 4.37. The van der Waals surface area contributed by atoms with Crippen molar-refractivity contribution in [3.05, 3.63) is 52.8 Å². The summed E-state index contributed by atoms with van der Waals surface area (Å²) in [5.74, 6) is 0.106. The molecule has 0 atom stereocenters. The second-order valence-corrected chi connectivity index (χ2v) is 4.37. The van der Waals surface area contributed by atoms with Gasteiger partial charge in [0.15, 0.2) is 5.78 Å². The molecule has 0 saturated carbocycles. The van der Waals surface area contributed by atoms with Gasteiger partial charge in [-0.2, -0.15) is 5.10 Å². The molecule has 0 aliphatic heterocycles. The molecule has 2 aromatic rings. The van der Waals surface area contributed by atoms with Gasteiger partial charge in [-0.25, -0.2) is 0 Å². The summed E-state index contributed by atoms with van der Waals surface area (Å²) in [6, 6.07) is 7.79. The fourth-order valence-corrected chi connectivity index (χ4v) is 1.91. The van der Waals surface area contributed by atoms with Crippen LogP contribution in [0, 0.1) is 20.8 Å². The van der Waals surface area contributed by atoms with Gasteiger partial charge in [0.2, 0.25) is 0 Å². The third-order valence-corrected chi connectivity index (χ3v) is 2.90. The van der Waals surface area contributed by atoms with Crippen molar-refractivity contribution in [1.82, 2.24) is 9.78 Å². The van der Waals surface area contributed by atoms with Crippen molar-refractivity contribution in [3.8, 4) is 0 Å². The number of Topliss-reactive ketones (excluding diaryl/α,β-unsaturated/α-hetero) is 1. The Morgan fingerprint density at radius 2 is 2.00 bits per heavy atom. The van der Waals surface area contributed by atoms with Crippen LogP contribution >= 0.6 is 0 Å². The van der Waals surface area contributed by atoms with Gasteiger partial charge in [-0.05, 0) is 32.4 Å². The minimum Gasteiger partial charge on any atom is -0.292 e. The first-order chi connectivity index (χ1) is 8.08. The van der Waals surface area contributed by atoms with E-state index in [-0.39, 0.29) is 5.78 Å². The summed E-state index contributed by atoms with van der Waals surface area (Å²) in [6.07, 6.45) is 1.71. The molecule has 1 aromatic carbocycles. The van der Waals surface area contributed by atoms with E-state index in [0.29, 0.717) is 6.54 Å². The predicted octanol–water partition coefficient (Wildman–Crippen LogP) is 2.69. The first kappa shape index (κ1) is 11.6. The fourth-order valence-electron chi connectivity index (χ4n) is 1.91. The van der Waals surface area contributed by atoms with E-state index in [9.17, 15) is 4.79 Å². The number of carbonyl (C=O) groups excluding carboxylic acids is 1. The number of nitrogens with zero attached hydrogens (tertiary/aromatic N) is 2. The normalized spacial score (nSPS) is 10.5. The molecule has 3 nitrogen and oxygen atoms in total. The van der Waals surface area contributed by atoms with E-state index < -0.39 is 0 Å². The summed E-state index contributed by atoms with van der Waals surface area (Å²) in [5.41, 5.74) is 3.99. The zero-order valence-corrected chi connectivity index (χ0v) is 10.4. The lowest BCUT2D eigenvalue weighted by Gasteiger charge is -2.07. The lowest BCUT2D eigenvalue weighted by Crippen LogP contribution is -2.13. The quantitative estimate of drug-likeness (QED) is 0.757. The number of ketones is 1. The molecule has 0 aliphatic rings. The monoisotopic (exact) mass is 228 g/mol. The van der Waals surface area contributed by atoms with Crippen LogP contribution < -0.4 is 0 Å². The Bertz CT molecular complexity index is 555. The molecule has 0 N–H and O–H groups in total. The van der Waals surface area contributed by atoms with Gasteiger partial charge in [0, 0.05) is 17.5 Å². The fraction of sp³-hybridized carbons (Fsp3) is 0.286. The minimum absolute atomic E-state index is 0.106. The molecule has 0 amide bonds. The van der Waals surface area contributed by atoms with Crippen molar-refractivity contribution in [3.63, 3.8) is 0 Å². The van der Waals surface area contributed by atoms with Crippen LogP contribution in [0.2, 0.25) is 0 Å². The summed E-state index contributed by atoms with van der Waals surface area (Å²) in [7, 11) is 0. The van der Waals surface area contributed by atoms with Crippen LogP contribution in [-0.2, 0) is 6.54 Å². The molecule has 17 heavy (non-hydrogen) atoms. The van der Waals surface area contributed by atoms with Crippen molar-refractivity contribution in [1.29, 1.82) is 0 Å². The summed E-state index contributed by atoms with van der Waals surface area (Å²) in [4.78, 5) is 12.1. The average Bonchev–Trinajstić information content (AvgIpc) is 2.64. The second kappa shape index (κ2) is 4.53. The molecule has 0 aliphatic carbocycles. The number of hydrogen-bond donors (Lipinski definition) is 0. The van der Waals surface area contributed by atoms with Gasteiger partial charge >= 0.3 is 0 Å². The number of aromatic nitrogens is 2. The molecule has 0 bridgehead atoms. The van der Waals surface area contributed by atoms with Gasteiger partial charge in [-0.15, -0.1) is 0 Å². The van der Waals surface area contributed by atoms with Crippen molar-refractivity contribution in [2.24, 2.45) is 0 Å². The molecule has 2 rings (SSSR count).